The van der Waals surface area contributed by atoms with Crippen molar-refractivity contribution >= 4 is 28.1 Å². The number of hydrogen-bond donors (Lipinski definition) is 1. The predicted molar refractivity (Wildman–Crippen MR) is 124 cm³/mol. The second-order valence-electron chi connectivity index (χ2n) is 6.63. The van der Waals surface area contributed by atoms with Gasteiger partial charge in [-0.3, -0.25) is 4.79 Å². The van der Waals surface area contributed by atoms with Crippen molar-refractivity contribution in [2.75, 3.05) is 7.11 Å². The maximum atomic E-state index is 12.3. The molecule has 0 radical (unpaired) electrons. The van der Waals surface area contributed by atoms with Gasteiger partial charge in [0.15, 0.2) is 6.10 Å². The average molecular weight is 483 g/mol. The molecule has 3 rings (SSSR count). The Morgan fingerprint density at radius 2 is 1.71 bits per heavy atom. The van der Waals surface area contributed by atoms with E-state index in [2.05, 4.69) is 26.5 Å². The molecule has 0 saturated carbocycles. The molecule has 0 bridgehead atoms. The summed E-state index contributed by atoms with van der Waals surface area (Å²) < 4.78 is 17.5. The Morgan fingerprint density at radius 3 is 2.42 bits per heavy atom. The number of benzene rings is 3. The molecule has 3 aromatic rings. The van der Waals surface area contributed by atoms with Crippen LogP contribution in [0.2, 0.25) is 0 Å². The summed E-state index contributed by atoms with van der Waals surface area (Å²) in [6, 6.07) is 22.6. The van der Waals surface area contributed by atoms with Gasteiger partial charge >= 0.3 is 0 Å². The van der Waals surface area contributed by atoms with Gasteiger partial charge in [-0.2, -0.15) is 5.10 Å². The van der Waals surface area contributed by atoms with Crippen LogP contribution in [0.15, 0.2) is 82.4 Å². The Kier molecular flexibility index (Phi) is 8.06. The van der Waals surface area contributed by atoms with E-state index in [-0.39, 0.29) is 5.91 Å². The molecule has 0 aliphatic rings. The van der Waals surface area contributed by atoms with Crippen LogP contribution in [0.3, 0.4) is 0 Å². The second-order valence-corrected chi connectivity index (χ2v) is 7.48. The van der Waals surface area contributed by atoms with E-state index in [9.17, 15) is 4.79 Å². The number of carbonyl (C=O) groups excluding carboxylic acids is 1. The molecule has 6 nitrogen and oxygen atoms in total. The first-order valence-electron chi connectivity index (χ1n) is 9.65. The molecule has 1 N–H and O–H groups in total. The van der Waals surface area contributed by atoms with Crippen molar-refractivity contribution in [3.05, 3.63) is 88.4 Å². The first-order chi connectivity index (χ1) is 15.0. The lowest BCUT2D eigenvalue weighted by Gasteiger charge is -2.13. The maximum Gasteiger partial charge on any atom is 0.280 e. The number of hydrazone groups is 1. The number of carbonyl (C=O) groups is 1. The standard InChI is InChI=1S/C24H23BrN2O4/c1-17(24(28)27-26-15-19-14-22(29-2)12-13-23(19)25)31-21-10-8-20(9-11-21)30-16-18-6-4-3-5-7-18/h3-15,17H,16H2,1-2H3,(H,27,28)/b26-15+. The molecule has 0 aromatic heterocycles. The Morgan fingerprint density at radius 1 is 1.03 bits per heavy atom. The van der Waals surface area contributed by atoms with Crippen LogP contribution >= 0.6 is 15.9 Å². The number of rotatable bonds is 9. The van der Waals surface area contributed by atoms with Crippen molar-refractivity contribution in [3.8, 4) is 17.2 Å². The Bertz CT molecular complexity index is 1020. The molecular formula is C24H23BrN2O4. The zero-order valence-electron chi connectivity index (χ0n) is 17.2. The summed E-state index contributed by atoms with van der Waals surface area (Å²) in [7, 11) is 1.59. The van der Waals surface area contributed by atoms with Crippen LogP contribution in [-0.4, -0.2) is 25.3 Å². The van der Waals surface area contributed by atoms with Crippen molar-refractivity contribution in [2.45, 2.75) is 19.6 Å². The van der Waals surface area contributed by atoms with Crippen molar-refractivity contribution in [1.82, 2.24) is 5.43 Å². The van der Waals surface area contributed by atoms with Gasteiger partial charge in [-0.15, -0.1) is 0 Å². The normalized spacial score (nSPS) is 11.7. The quantitative estimate of drug-likeness (QED) is 0.345. The summed E-state index contributed by atoms with van der Waals surface area (Å²) in [6.07, 6.45) is 0.817. The van der Waals surface area contributed by atoms with E-state index in [0.717, 1.165) is 21.3 Å². The summed E-state index contributed by atoms with van der Waals surface area (Å²) in [5, 5.41) is 4.00. The van der Waals surface area contributed by atoms with E-state index < -0.39 is 6.10 Å². The fourth-order valence-electron chi connectivity index (χ4n) is 2.62. The van der Waals surface area contributed by atoms with Crippen LogP contribution in [-0.2, 0) is 11.4 Å². The number of methoxy groups -OCH3 is 1. The monoisotopic (exact) mass is 482 g/mol. The highest BCUT2D eigenvalue weighted by Gasteiger charge is 2.14. The van der Waals surface area contributed by atoms with Crippen LogP contribution in [0.4, 0.5) is 0 Å². The minimum atomic E-state index is -0.720. The van der Waals surface area contributed by atoms with Gasteiger partial charge in [0.05, 0.1) is 13.3 Å². The van der Waals surface area contributed by atoms with Crippen molar-refractivity contribution in [1.29, 1.82) is 0 Å². The molecule has 3 aromatic carbocycles. The fraction of sp³-hybridized carbons (Fsp3) is 0.167. The van der Waals surface area contributed by atoms with Crippen molar-refractivity contribution in [2.24, 2.45) is 5.10 Å². The highest BCUT2D eigenvalue weighted by Crippen LogP contribution is 2.21. The Hall–Kier alpha value is -3.32. The molecule has 0 aliphatic heterocycles. The zero-order valence-corrected chi connectivity index (χ0v) is 18.8. The van der Waals surface area contributed by atoms with Gasteiger partial charge in [0.2, 0.25) is 0 Å². The van der Waals surface area contributed by atoms with E-state index in [1.807, 2.05) is 42.5 Å². The summed E-state index contributed by atoms with van der Waals surface area (Å²) >= 11 is 3.44. The first kappa shape index (κ1) is 22.4. The highest BCUT2D eigenvalue weighted by atomic mass is 79.9. The van der Waals surface area contributed by atoms with E-state index >= 15 is 0 Å². The minimum absolute atomic E-state index is 0.361. The fourth-order valence-corrected chi connectivity index (χ4v) is 2.97. The van der Waals surface area contributed by atoms with E-state index in [1.165, 1.54) is 6.21 Å². The molecule has 31 heavy (non-hydrogen) atoms. The van der Waals surface area contributed by atoms with Crippen LogP contribution in [0.1, 0.15) is 18.1 Å². The number of halogens is 1. The number of ether oxygens (including phenoxy) is 3. The van der Waals surface area contributed by atoms with Crippen LogP contribution in [0.5, 0.6) is 17.2 Å². The molecule has 7 heteroatoms. The topological polar surface area (TPSA) is 69.2 Å². The lowest BCUT2D eigenvalue weighted by atomic mass is 10.2. The summed E-state index contributed by atoms with van der Waals surface area (Å²) in [5.41, 5.74) is 4.35. The van der Waals surface area contributed by atoms with E-state index in [1.54, 1.807) is 44.4 Å². The second kappa shape index (κ2) is 11.2. The maximum absolute atomic E-state index is 12.3. The number of nitrogens with one attached hydrogen (secondary N) is 1. The minimum Gasteiger partial charge on any atom is -0.497 e. The first-order valence-corrected chi connectivity index (χ1v) is 10.4. The van der Waals surface area contributed by atoms with Gasteiger partial charge in [0.25, 0.3) is 5.91 Å². The Balaban J connectivity index is 1.49. The number of nitrogens with zero attached hydrogens (tertiary/aromatic N) is 1. The van der Waals surface area contributed by atoms with Crippen LogP contribution in [0, 0.1) is 0 Å². The van der Waals surface area contributed by atoms with Crippen molar-refractivity contribution < 1.29 is 19.0 Å². The van der Waals surface area contributed by atoms with Crippen LogP contribution < -0.4 is 19.6 Å². The highest BCUT2D eigenvalue weighted by molar-refractivity contribution is 9.10. The van der Waals surface area contributed by atoms with Gasteiger partial charge in [-0.05, 0) is 55.0 Å². The average Bonchev–Trinajstić information content (AvgIpc) is 2.80. The smallest absolute Gasteiger partial charge is 0.280 e. The molecule has 0 fully saturated rings. The van der Waals surface area contributed by atoms with Crippen LogP contribution in [0.25, 0.3) is 0 Å². The molecule has 1 amide bonds. The third kappa shape index (κ3) is 6.86. The number of amides is 1. The molecule has 1 unspecified atom stereocenters. The molecule has 0 spiro atoms. The lowest BCUT2D eigenvalue weighted by molar-refractivity contribution is -0.127. The predicted octanol–water partition coefficient (Wildman–Crippen LogP) is 4.95. The lowest BCUT2D eigenvalue weighted by Crippen LogP contribution is -2.33. The molecule has 160 valence electrons. The summed E-state index contributed by atoms with van der Waals surface area (Å²) in [5.74, 6) is 1.62. The molecule has 0 aliphatic carbocycles. The zero-order chi connectivity index (χ0) is 22.1. The summed E-state index contributed by atoms with van der Waals surface area (Å²) in [6.45, 7) is 2.15. The number of hydrogen-bond acceptors (Lipinski definition) is 5. The molecule has 0 heterocycles. The largest absolute Gasteiger partial charge is 0.497 e. The van der Waals surface area contributed by atoms with E-state index in [4.69, 9.17) is 14.2 Å². The van der Waals surface area contributed by atoms with Gasteiger partial charge in [0.1, 0.15) is 23.9 Å². The molecule has 0 saturated heterocycles. The third-order valence-corrected chi connectivity index (χ3v) is 5.06. The van der Waals surface area contributed by atoms with Gasteiger partial charge in [-0.1, -0.05) is 46.3 Å². The molecular weight excluding hydrogens is 460 g/mol. The van der Waals surface area contributed by atoms with Gasteiger partial charge in [0, 0.05) is 10.0 Å². The molecule has 1 atom stereocenters. The van der Waals surface area contributed by atoms with Crippen molar-refractivity contribution in [3.63, 3.8) is 0 Å². The van der Waals surface area contributed by atoms with Gasteiger partial charge in [-0.25, -0.2) is 5.43 Å². The Labute approximate surface area is 190 Å². The summed E-state index contributed by atoms with van der Waals surface area (Å²) in [4.78, 5) is 12.3. The van der Waals surface area contributed by atoms with Gasteiger partial charge < -0.3 is 14.2 Å². The SMILES string of the molecule is COc1ccc(Br)c(/C=N/NC(=O)C(C)Oc2ccc(OCc3ccccc3)cc2)c1. The third-order valence-electron chi connectivity index (χ3n) is 4.34. The van der Waals surface area contributed by atoms with E-state index in [0.29, 0.717) is 18.1 Å².